The van der Waals surface area contributed by atoms with Gasteiger partial charge in [0.1, 0.15) is 11.6 Å². The smallest absolute Gasteiger partial charge is 0.275 e. The second-order valence-corrected chi connectivity index (χ2v) is 3.92. The maximum Gasteiger partial charge on any atom is 0.275 e. The molecule has 0 fully saturated rings. The van der Waals surface area contributed by atoms with Crippen LogP contribution in [0.25, 0.3) is 0 Å². The molecule has 0 saturated carbocycles. The minimum absolute atomic E-state index is 0.299. The number of hydrogen-bond acceptors (Lipinski definition) is 3. The third-order valence-corrected chi connectivity index (χ3v) is 2.63. The Labute approximate surface area is 115 Å². The van der Waals surface area contributed by atoms with Gasteiger partial charge < -0.3 is 4.74 Å². The van der Waals surface area contributed by atoms with Gasteiger partial charge in [-0.25, -0.2) is 9.82 Å². The third kappa shape index (κ3) is 3.20. The van der Waals surface area contributed by atoms with Crippen molar-refractivity contribution in [2.24, 2.45) is 5.10 Å². The van der Waals surface area contributed by atoms with Gasteiger partial charge in [0.05, 0.1) is 18.9 Å². The number of halogens is 1. The van der Waals surface area contributed by atoms with Crippen LogP contribution in [0.1, 0.15) is 15.9 Å². The molecule has 2 rings (SSSR count). The molecule has 0 bridgehead atoms. The zero-order valence-electron chi connectivity index (χ0n) is 10.8. The van der Waals surface area contributed by atoms with E-state index in [0.717, 1.165) is 0 Å². The Hall–Kier alpha value is -2.69. The van der Waals surface area contributed by atoms with Gasteiger partial charge in [-0.3, -0.25) is 4.79 Å². The molecule has 5 heteroatoms. The first-order valence-corrected chi connectivity index (χ1v) is 5.93. The van der Waals surface area contributed by atoms with E-state index < -0.39 is 11.7 Å². The van der Waals surface area contributed by atoms with Crippen LogP contribution < -0.4 is 10.2 Å². The minimum Gasteiger partial charge on any atom is -0.496 e. The topological polar surface area (TPSA) is 50.7 Å². The van der Waals surface area contributed by atoms with E-state index >= 15 is 0 Å². The molecule has 0 atom stereocenters. The Balaban J connectivity index is 2.07. The summed E-state index contributed by atoms with van der Waals surface area (Å²) in [6.45, 7) is 0. The maximum atomic E-state index is 13.3. The molecule has 0 aliphatic carbocycles. The molecule has 1 N–H and O–H groups in total. The Bertz CT molecular complexity index is 641. The normalized spacial score (nSPS) is 10.5. The number of rotatable bonds is 4. The van der Waals surface area contributed by atoms with E-state index in [2.05, 4.69) is 10.5 Å². The number of benzene rings is 2. The van der Waals surface area contributed by atoms with Crippen molar-refractivity contribution in [2.45, 2.75) is 0 Å². The Morgan fingerprint density at radius 1 is 1.20 bits per heavy atom. The fourth-order valence-corrected chi connectivity index (χ4v) is 1.63. The number of nitrogens with zero attached hydrogens (tertiary/aromatic N) is 1. The van der Waals surface area contributed by atoms with E-state index in [-0.39, 0.29) is 0 Å². The average molecular weight is 272 g/mol. The zero-order valence-corrected chi connectivity index (χ0v) is 10.8. The van der Waals surface area contributed by atoms with Crippen molar-refractivity contribution < 1.29 is 13.9 Å². The number of hydrogen-bond donors (Lipinski definition) is 1. The van der Waals surface area contributed by atoms with Crippen LogP contribution in [0.15, 0.2) is 53.6 Å². The van der Waals surface area contributed by atoms with Gasteiger partial charge in [0.15, 0.2) is 0 Å². The van der Waals surface area contributed by atoms with Crippen LogP contribution in [-0.2, 0) is 0 Å². The highest BCUT2D eigenvalue weighted by Gasteiger charge is 2.09. The number of amides is 1. The number of para-hydroxylation sites is 1. The van der Waals surface area contributed by atoms with E-state index in [1.807, 2.05) is 0 Å². The Morgan fingerprint density at radius 3 is 2.65 bits per heavy atom. The van der Waals surface area contributed by atoms with Gasteiger partial charge >= 0.3 is 0 Å². The van der Waals surface area contributed by atoms with Crippen LogP contribution in [0.2, 0.25) is 0 Å². The lowest BCUT2D eigenvalue weighted by molar-refractivity contribution is 0.0952. The molecule has 2 aromatic carbocycles. The summed E-state index contributed by atoms with van der Waals surface area (Å²) in [5.74, 6) is -0.371. The fraction of sp³-hybridized carbons (Fsp3) is 0.0667. The lowest BCUT2D eigenvalue weighted by Crippen LogP contribution is -2.18. The number of nitrogens with one attached hydrogen (secondary N) is 1. The molecular weight excluding hydrogens is 259 g/mol. The van der Waals surface area contributed by atoms with Crippen LogP contribution in [0.3, 0.4) is 0 Å². The largest absolute Gasteiger partial charge is 0.496 e. The van der Waals surface area contributed by atoms with E-state index in [9.17, 15) is 9.18 Å². The highest BCUT2D eigenvalue weighted by molar-refractivity contribution is 5.97. The van der Waals surface area contributed by atoms with Gasteiger partial charge in [-0.1, -0.05) is 30.3 Å². The van der Waals surface area contributed by atoms with E-state index in [1.165, 1.54) is 19.4 Å². The van der Waals surface area contributed by atoms with Crippen molar-refractivity contribution in [3.8, 4) is 5.75 Å². The Morgan fingerprint density at radius 2 is 1.90 bits per heavy atom. The SMILES string of the molecule is COc1ccccc1C(=O)N/N=C\c1ccccc1F. The molecule has 0 unspecified atom stereocenters. The van der Waals surface area contributed by atoms with Crippen LogP contribution in [0.4, 0.5) is 4.39 Å². The van der Waals surface area contributed by atoms with Crippen LogP contribution in [-0.4, -0.2) is 19.2 Å². The molecule has 0 saturated heterocycles. The van der Waals surface area contributed by atoms with Crippen LogP contribution >= 0.6 is 0 Å². The second kappa shape index (κ2) is 6.47. The van der Waals surface area contributed by atoms with Crippen molar-refractivity contribution >= 4 is 12.1 Å². The molecule has 4 nitrogen and oxygen atoms in total. The third-order valence-electron chi connectivity index (χ3n) is 2.63. The van der Waals surface area contributed by atoms with Crippen molar-refractivity contribution in [2.75, 3.05) is 7.11 Å². The van der Waals surface area contributed by atoms with E-state index in [1.54, 1.807) is 42.5 Å². The number of methoxy groups -OCH3 is 1. The molecule has 2 aromatic rings. The zero-order chi connectivity index (χ0) is 14.4. The lowest BCUT2D eigenvalue weighted by Gasteiger charge is -2.05. The summed E-state index contributed by atoms with van der Waals surface area (Å²) in [4.78, 5) is 11.9. The quantitative estimate of drug-likeness (QED) is 0.687. The fourth-order valence-electron chi connectivity index (χ4n) is 1.63. The molecular formula is C15H13FN2O2. The van der Waals surface area contributed by atoms with Gasteiger partial charge in [-0.2, -0.15) is 5.10 Å². The van der Waals surface area contributed by atoms with Crippen molar-refractivity contribution in [1.29, 1.82) is 0 Å². The summed E-state index contributed by atoms with van der Waals surface area (Å²) in [7, 11) is 1.48. The molecule has 0 heterocycles. The van der Waals surface area contributed by atoms with Crippen molar-refractivity contribution in [3.05, 3.63) is 65.5 Å². The molecule has 0 aliphatic heterocycles. The lowest BCUT2D eigenvalue weighted by atomic mass is 10.2. The summed E-state index contributed by atoms with van der Waals surface area (Å²) < 4.78 is 18.4. The van der Waals surface area contributed by atoms with Gasteiger partial charge in [-0.15, -0.1) is 0 Å². The number of carbonyl (C=O) groups is 1. The highest BCUT2D eigenvalue weighted by Crippen LogP contribution is 2.16. The van der Waals surface area contributed by atoms with E-state index in [4.69, 9.17) is 4.74 Å². The van der Waals surface area contributed by atoms with E-state index in [0.29, 0.717) is 16.9 Å². The van der Waals surface area contributed by atoms with Crippen molar-refractivity contribution in [3.63, 3.8) is 0 Å². The number of hydrazone groups is 1. The first-order chi connectivity index (χ1) is 9.72. The monoisotopic (exact) mass is 272 g/mol. The summed E-state index contributed by atoms with van der Waals surface area (Å²) in [6.07, 6.45) is 1.25. The standard InChI is InChI=1S/C15H13FN2O2/c1-20-14-9-5-3-7-12(14)15(19)18-17-10-11-6-2-4-8-13(11)16/h2-10H,1H3,(H,18,19)/b17-10-. The summed E-state index contributed by atoms with van der Waals surface area (Å²) in [5, 5.41) is 3.73. The maximum absolute atomic E-state index is 13.3. The van der Waals surface area contributed by atoms with Gasteiger partial charge in [0, 0.05) is 5.56 Å². The second-order valence-electron chi connectivity index (χ2n) is 3.92. The minimum atomic E-state index is -0.421. The molecule has 1 amide bonds. The number of ether oxygens (including phenoxy) is 1. The Kier molecular flexibility index (Phi) is 4.44. The summed E-state index contributed by atoms with van der Waals surface area (Å²) in [5.41, 5.74) is 2.99. The predicted octanol–water partition coefficient (Wildman–Crippen LogP) is 2.60. The molecule has 20 heavy (non-hydrogen) atoms. The molecule has 0 aliphatic rings. The predicted molar refractivity (Wildman–Crippen MR) is 74.5 cm³/mol. The molecule has 0 aromatic heterocycles. The highest BCUT2D eigenvalue weighted by atomic mass is 19.1. The van der Waals surface area contributed by atoms with Gasteiger partial charge in [0.2, 0.25) is 0 Å². The molecule has 0 spiro atoms. The molecule has 102 valence electrons. The van der Waals surface area contributed by atoms with Gasteiger partial charge in [-0.05, 0) is 18.2 Å². The first-order valence-electron chi connectivity index (χ1n) is 5.93. The summed E-state index contributed by atoms with van der Waals surface area (Å²) in [6, 6.07) is 12.9. The average Bonchev–Trinajstić information content (AvgIpc) is 2.49. The van der Waals surface area contributed by atoms with Crippen LogP contribution in [0.5, 0.6) is 5.75 Å². The first kappa shape index (κ1) is 13.7. The van der Waals surface area contributed by atoms with Crippen molar-refractivity contribution in [1.82, 2.24) is 5.43 Å². The van der Waals surface area contributed by atoms with Crippen LogP contribution in [0, 0.1) is 5.82 Å². The van der Waals surface area contributed by atoms with Gasteiger partial charge in [0.25, 0.3) is 5.91 Å². The molecule has 0 radical (unpaired) electrons. The number of carbonyl (C=O) groups excluding carboxylic acids is 1. The summed E-state index contributed by atoms with van der Waals surface area (Å²) >= 11 is 0.